The van der Waals surface area contributed by atoms with E-state index in [9.17, 15) is 15.3 Å². The second-order valence-electron chi connectivity index (χ2n) is 15.1. The summed E-state index contributed by atoms with van der Waals surface area (Å²) < 4.78 is 6.59. The molecule has 0 amide bonds. The van der Waals surface area contributed by atoms with E-state index >= 15 is 0 Å². The molecule has 3 N–H and O–H groups in total. The van der Waals surface area contributed by atoms with Gasteiger partial charge in [0.25, 0.3) is 0 Å². The largest absolute Gasteiger partial charge is 0.504 e. The van der Waals surface area contributed by atoms with Crippen LogP contribution >= 0.6 is 0 Å². The number of aryl methyl sites for hydroxylation is 1. The van der Waals surface area contributed by atoms with E-state index in [1.807, 2.05) is 6.07 Å². The van der Waals surface area contributed by atoms with Crippen molar-refractivity contribution in [1.82, 2.24) is 0 Å². The number of aliphatic hydroxyl groups excluding tert-OH is 2. The van der Waals surface area contributed by atoms with Crippen LogP contribution in [0.4, 0.5) is 0 Å². The quantitative estimate of drug-likeness (QED) is 0.365. The molecule has 0 heterocycles. The van der Waals surface area contributed by atoms with E-state index in [1.165, 1.54) is 41.5 Å². The van der Waals surface area contributed by atoms with Gasteiger partial charge in [0.05, 0.1) is 12.2 Å². The zero-order valence-corrected chi connectivity index (χ0v) is 24.2. The minimum absolute atomic E-state index is 0.0750. The third-order valence-corrected chi connectivity index (χ3v) is 13.7. The van der Waals surface area contributed by atoms with Crippen LogP contribution in [0.3, 0.4) is 0 Å². The third-order valence-electron chi connectivity index (χ3n) is 13.7. The maximum Gasteiger partial charge on any atom is 0.172 e. The summed E-state index contributed by atoms with van der Waals surface area (Å²) in [5, 5.41) is 32.5. The molecule has 0 bridgehead atoms. The van der Waals surface area contributed by atoms with Gasteiger partial charge in [0.1, 0.15) is 5.75 Å². The molecule has 10 atom stereocenters. The molecule has 0 aromatic heterocycles. The molecule has 4 fully saturated rings. The average Bonchev–Trinajstić information content (AvgIpc) is 3.44. The number of phenolic OH excluding ortho intramolecular Hbond substituents is 1. The molecule has 214 valence electrons. The van der Waals surface area contributed by atoms with Crippen molar-refractivity contribution in [3.8, 4) is 17.2 Å². The monoisotopic (exact) mass is 542 g/mol. The van der Waals surface area contributed by atoms with Gasteiger partial charge in [-0.25, -0.2) is 0 Å². The van der Waals surface area contributed by atoms with Gasteiger partial charge in [-0.2, -0.15) is 0 Å². The Kier molecular flexibility index (Phi) is 5.76. The highest BCUT2D eigenvalue weighted by Crippen LogP contribution is 2.63. The summed E-state index contributed by atoms with van der Waals surface area (Å²) in [5.74, 6) is 5.41. The van der Waals surface area contributed by atoms with Gasteiger partial charge in [-0.15, -0.1) is 0 Å². The molecule has 2 aromatic carbocycles. The number of ether oxygens (including phenoxy) is 1. The van der Waals surface area contributed by atoms with Crippen molar-refractivity contribution in [3.05, 3.63) is 52.6 Å². The molecule has 4 saturated carbocycles. The predicted octanol–water partition coefficient (Wildman–Crippen LogP) is 7.62. The topological polar surface area (TPSA) is 69.9 Å². The summed E-state index contributed by atoms with van der Waals surface area (Å²) >= 11 is 0. The first-order valence-electron chi connectivity index (χ1n) is 16.3. The smallest absolute Gasteiger partial charge is 0.172 e. The lowest BCUT2D eigenvalue weighted by atomic mass is 9.55. The summed E-state index contributed by atoms with van der Waals surface area (Å²) in [6.45, 7) is 4.67. The Hall–Kier alpha value is -2.04. The van der Waals surface area contributed by atoms with Crippen LogP contribution in [0.5, 0.6) is 17.2 Å². The molecule has 6 aliphatic carbocycles. The molecule has 40 heavy (non-hydrogen) atoms. The normalized spacial score (nSPS) is 43.1. The molecule has 0 unspecified atom stereocenters. The zero-order valence-electron chi connectivity index (χ0n) is 24.2. The fourth-order valence-electron chi connectivity index (χ4n) is 11.4. The molecule has 6 aliphatic rings. The van der Waals surface area contributed by atoms with Crippen molar-refractivity contribution >= 4 is 0 Å². The Morgan fingerprint density at radius 1 is 0.700 bits per heavy atom. The van der Waals surface area contributed by atoms with E-state index in [-0.39, 0.29) is 28.8 Å². The SMILES string of the molecule is C[C@]12CC[C@@H]3c4ccc(Oc5c(O)ccc6c5CC[C@@H]5[C@@H]6CC[C@]6(C)[C@@H](O)CC[C@@H]56)cc4CC[C@H]3[C@@H]1CC[C@H]2O. The van der Waals surface area contributed by atoms with Crippen LogP contribution in [0.25, 0.3) is 0 Å². The average molecular weight is 543 g/mol. The summed E-state index contributed by atoms with van der Waals surface area (Å²) in [7, 11) is 0. The molecule has 0 aliphatic heterocycles. The molecule has 0 saturated heterocycles. The first kappa shape index (κ1) is 25.7. The number of rotatable bonds is 2. The molecular formula is C36H46O4. The van der Waals surface area contributed by atoms with Crippen molar-refractivity contribution in [2.45, 2.75) is 115 Å². The van der Waals surface area contributed by atoms with Crippen molar-refractivity contribution in [3.63, 3.8) is 0 Å². The van der Waals surface area contributed by atoms with Crippen molar-refractivity contribution in [2.75, 3.05) is 0 Å². The predicted molar refractivity (Wildman–Crippen MR) is 156 cm³/mol. The number of phenols is 1. The summed E-state index contributed by atoms with van der Waals surface area (Å²) in [4.78, 5) is 0. The van der Waals surface area contributed by atoms with Gasteiger partial charge < -0.3 is 20.1 Å². The first-order chi connectivity index (χ1) is 19.3. The lowest BCUT2D eigenvalue weighted by molar-refractivity contribution is -0.0227. The van der Waals surface area contributed by atoms with Crippen LogP contribution in [0, 0.1) is 34.5 Å². The second-order valence-corrected chi connectivity index (χ2v) is 15.1. The number of hydrogen-bond donors (Lipinski definition) is 3. The highest BCUT2D eigenvalue weighted by molar-refractivity contribution is 5.55. The molecule has 4 nitrogen and oxygen atoms in total. The number of aliphatic hydroxyl groups is 2. The summed E-state index contributed by atoms with van der Waals surface area (Å²) in [6.07, 6.45) is 12.8. The van der Waals surface area contributed by atoms with Crippen LogP contribution in [-0.4, -0.2) is 27.5 Å². The lowest BCUT2D eigenvalue weighted by Crippen LogP contribution is -2.44. The number of benzene rings is 2. The Morgan fingerprint density at radius 2 is 1.30 bits per heavy atom. The molecule has 0 radical (unpaired) electrons. The fourth-order valence-corrected chi connectivity index (χ4v) is 11.4. The summed E-state index contributed by atoms with van der Waals surface area (Å²) in [6, 6.07) is 10.7. The van der Waals surface area contributed by atoms with Crippen LogP contribution in [0.15, 0.2) is 30.3 Å². The van der Waals surface area contributed by atoms with E-state index in [0.717, 1.165) is 63.5 Å². The Balaban J connectivity index is 1.06. The highest BCUT2D eigenvalue weighted by atomic mass is 16.5. The van der Waals surface area contributed by atoms with Gasteiger partial charge >= 0.3 is 0 Å². The van der Waals surface area contributed by atoms with Crippen molar-refractivity contribution in [1.29, 1.82) is 0 Å². The Bertz CT molecular complexity index is 1330. The molecule has 2 aromatic rings. The number of hydrogen-bond acceptors (Lipinski definition) is 4. The van der Waals surface area contributed by atoms with Crippen LogP contribution < -0.4 is 4.74 Å². The minimum atomic E-state index is -0.152. The van der Waals surface area contributed by atoms with Gasteiger partial charge in [-0.05, 0) is 158 Å². The van der Waals surface area contributed by atoms with Gasteiger partial charge in [0, 0.05) is 5.56 Å². The third kappa shape index (κ3) is 3.51. The van der Waals surface area contributed by atoms with Crippen LogP contribution in [0.1, 0.15) is 112 Å². The highest BCUT2D eigenvalue weighted by Gasteiger charge is 2.56. The fraction of sp³-hybridized carbons (Fsp3) is 0.667. The number of fused-ring (bicyclic) bond motifs is 10. The van der Waals surface area contributed by atoms with E-state index < -0.39 is 0 Å². The Morgan fingerprint density at radius 3 is 1.98 bits per heavy atom. The molecular weight excluding hydrogens is 496 g/mol. The molecule has 4 heteroatoms. The lowest BCUT2D eigenvalue weighted by Gasteiger charge is -2.50. The van der Waals surface area contributed by atoms with Crippen molar-refractivity contribution < 1.29 is 20.1 Å². The maximum atomic E-state index is 11.0. The standard InChI is InChI=1S/C36H46O4/c1-35-17-15-24-22-6-4-21(19-20(22)3-5-26(24)29(35)10-13-32(35)38)40-34-28-8-7-27-25(23(28)9-12-31(34)37)16-18-36(2)30(27)11-14-33(36)39/h4,6,9,12,19,24-27,29-30,32-33,37-39H,3,5,7-8,10-11,13-18H2,1-2H3/t24-,25-,26-,27-,29+,30+,32-,33+,35+,36+/m1/s1. The van der Waals surface area contributed by atoms with Crippen LogP contribution in [-0.2, 0) is 12.8 Å². The van der Waals surface area contributed by atoms with Gasteiger partial charge in [-0.3, -0.25) is 0 Å². The van der Waals surface area contributed by atoms with Gasteiger partial charge in [-0.1, -0.05) is 26.0 Å². The zero-order chi connectivity index (χ0) is 27.4. The molecule has 0 spiro atoms. The van der Waals surface area contributed by atoms with Gasteiger partial charge in [0.15, 0.2) is 11.5 Å². The van der Waals surface area contributed by atoms with E-state index in [1.54, 1.807) is 0 Å². The van der Waals surface area contributed by atoms with E-state index in [2.05, 4.69) is 38.1 Å². The van der Waals surface area contributed by atoms with E-state index in [4.69, 9.17) is 4.74 Å². The van der Waals surface area contributed by atoms with Crippen LogP contribution in [0.2, 0.25) is 0 Å². The first-order valence-corrected chi connectivity index (χ1v) is 16.3. The summed E-state index contributed by atoms with van der Waals surface area (Å²) in [5.41, 5.74) is 5.67. The Labute approximate surface area is 239 Å². The van der Waals surface area contributed by atoms with E-state index in [0.29, 0.717) is 41.3 Å². The minimum Gasteiger partial charge on any atom is -0.504 e. The number of aromatic hydroxyl groups is 1. The molecule has 8 rings (SSSR count). The van der Waals surface area contributed by atoms with Gasteiger partial charge in [0.2, 0.25) is 0 Å². The second kappa shape index (κ2) is 8.98. The van der Waals surface area contributed by atoms with Crippen molar-refractivity contribution in [2.24, 2.45) is 34.5 Å². The maximum absolute atomic E-state index is 11.0.